The molecule has 0 radical (unpaired) electrons. The Morgan fingerprint density at radius 2 is 2.18 bits per heavy atom. The highest BCUT2D eigenvalue weighted by Gasteiger charge is 2.21. The summed E-state index contributed by atoms with van der Waals surface area (Å²) in [5.41, 5.74) is 1.44. The molecular weight excluding hydrogens is 230 g/mol. The minimum Gasteiger partial charge on any atom is -0.469 e. The fraction of sp³-hybridized carbons (Fsp3) is 0.286. The van der Waals surface area contributed by atoms with Gasteiger partial charge in [0, 0.05) is 29.7 Å². The van der Waals surface area contributed by atoms with Crippen LogP contribution >= 0.6 is 11.8 Å². The first kappa shape index (κ1) is 10.9. The van der Waals surface area contributed by atoms with Crippen molar-refractivity contribution in [2.24, 2.45) is 0 Å². The standard InChI is InChI=1S/C14H15NOS/c1-2-6-14-12(5-1)13(10-17-14)15-8-7-11-4-3-9-16-11/h1-6,9,13,15H,7-8,10H2. The fourth-order valence-electron chi connectivity index (χ4n) is 2.16. The lowest BCUT2D eigenvalue weighted by atomic mass is 10.1. The Balaban J connectivity index is 1.57. The molecule has 1 unspecified atom stereocenters. The highest BCUT2D eigenvalue weighted by Crippen LogP contribution is 2.37. The van der Waals surface area contributed by atoms with Crippen molar-refractivity contribution < 1.29 is 4.42 Å². The molecule has 0 spiro atoms. The van der Waals surface area contributed by atoms with Crippen LogP contribution in [0.4, 0.5) is 0 Å². The van der Waals surface area contributed by atoms with Crippen LogP contribution in [0.1, 0.15) is 17.4 Å². The predicted octanol–water partition coefficient (Wildman–Crippen LogP) is 3.26. The Morgan fingerprint density at radius 1 is 1.24 bits per heavy atom. The number of hydrogen-bond donors (Lipinski definition) is 1. The Kier molecular flexibility index (Phi) is 3.20. The summed E-state index contributed by atoms with van der Waals surface area (Å²) in [5, 5.41) is 3.60. The zero-order chi connectivity index (χ0) is 11.5. The van der Waals surface area contributed by atoms with Crippen LogP contribution in [0.25, 0.3) is 0 Å². The van der Waals surface area contributed by atoms with Crippen molar-refractivity contribution in [3.05, 3.63) is 54.0 Å². The Morgan fingerprint density at radius 3 is 3.06 bits per heavy atom. The maximum atomic E-state index is 5.32. The summed E-state index contributed by atoms with van der Waals surface area (Å²) in [5.74, 6) is 2.19. The van der Waals surface area contributed by atoms with Gasteiger partial charge in [-0.25, -0.2) is 0 Å². The molecular formula is C14H15NOS. The second-order valence-electron chi connectivity index (χ2n) is 4.18. The van der Waals surface area contributed by atoms with Crippen molar-refractivity contribution in [2.75, 3.05) is 12.3 Å². The molecule has 1 aliphatic heterocycles. The zero-order valence-electron chi connectivity index (χ0n) is 9.56. The third-order valence-electron chi connectivity index (χ3n) is 3.04. The Hall–Kier alpha value is -1.19. The van der Waals surface area contributed by atoms with Gasteiger partial charge >= 0.3 is 0 Å². The maximum Gasteiger partial charge on any atom is 0.105 e. The average molecular weight is 245 g/mol. The lowest BCUT2D eigenvalue weighted by Crippen LogP contribution is -2.23. The van der Waals surface area contributed by atoms with E-state index in [4.69, 9.17) is 4.42 Å². The first-order chi connectivity index (χ1) is 8.43. The van der Waals surface area contributed by atoms with Crippen molar-refractivity contribution in [1.82, 2.24) is 5.32 Å². The van der Waals surface area contributed by atoms with Crippen LogP contribution in [0, 0.1) is 0 Å². The van der Waals surface area contributed by atoms with Crippen LogP contribution < -0.4 is 5.32 Å². The SMILES string of the molecule is c1coc(CCNC2CSc3ccccc32)c1. The number of benzene rings is 1. The summed E-state index contributed by atoms with van der Waals surface area (Å²) in [6.07, 6.45) is 2.69. The molecule has 0 amide bonds. The van der Waals surface area contributed by atoms with Gasteiger partial charge in [0.25, 0.3) is 0 Å². The normalized spacial score (nSPS) is 18.2. The molecule has 1 aromatic carbocycles. The second kappa shape index (κ2) is 4.98. The molecule has 1 aliphatic rings. The van der Waals surface area contributed by atoms with Gasteiger partial charge in [-0.05, 0) is 23.8 Å². The van der Waals surface area contributed by atoms with Gasteiger partial charge in [-0.1, -0.05) is 18.2 Å². The van der Waals surface area contributed by atoms with E-state index in [-0.39, 0.29) is 0 Å². The largest absolute Gasteiger partial charge is 0.469 e. The number of rotatable bonds is 4. The van der Waals surface area contributed by atoms with Crippen LogP contribution in [0.5, 0.6) is 0 Å². The Bertz CT molecular complexity index is 481. The molecule has 1 aromatic heterocycles. The van der Waals surface area contributed by atoms with Gasteiger partial charge in [0.05, 0.1) is 6.26 Å². The van der Waals surface area contributed by atoms with E-state index in [2.05, 4.69) is 29.6 Å². The zero-order valence-corrected chi connectivity index (χ0v) is 10.4. The fourth-order valence-corrected chi connectivity index (χ4v) is 3.35. The van der Waals surface area contributed by atoms with Crippen LogP contribution in [0.15, 0.2) is 52.0 Å². The Labute approximate surface area is 105 Å². The number of thioether (sulfide) groups is 1. The third-order valence-corrected chi connectivity index (χ3v) is 4.22. The molecule has 88 valence electrons. The molecule has 0 saturated carbocycles. The van der Waals surface area contributed by atoms with Crippen molar-refractivity contribution in [3.8, 4) is 0 Å². The summed E-state index contributed by atoms with van der Waals surface area (Å²) < 4.78 is 5.32. The van der Waals surface area contributed by atoms with Crippen molar-refractivity contribution >= 4 is 11.8 Å². The van der Waals surface area contributed by atoms with Crippen LogP contribution in [-0.2, 0) is 6.42 Å². The topological polar surface area (TPSA) is 25.2 Å². The summed E-state index contributed by atoms with van der Waals surface area (Å²) in [7, 11) is 0. The second-order valence-corrected chi connectivity index (χ2v) is 5.25. The highest BCUT2D eigenvalue weighted by atomic mass is 32.2. The molecule has 0 fully saturated rings. The number of nitrogens with one attached hydrogen (secondary N) is 1. The van der Waals surface area contributed by atoms with Crippen molar-refractivity contribution in [2.45, 2.75) is 17.4 Å². The predicted molar refractivity (Wildman–Crippen MR) is 70.3 cm³/mol. The third kappa shape index (κ3) is 2.40. The maximum absolute atomic E-state index is 5.32. The first-order valence-corrected chi connectivity index (χ1v) is 6.89. The molecule has 0 saturated heterocycles. The highest BCUT2D eigenvalue weighted by molar-refractivity contribution is 7.99. The first-order valence-electron chi connectivity index (χ1n) is 5.91. The molecule has 2 nitrogen and oxygen atoms in total. The van der Waals surface area contributed by atoms with Gasteiger partial charge in [-0.3, -0.25) is 0 Å². The lowest BCUT2D eigenvalue weighted by molar-refractivity contribution is 0.487. The van der Waals surface area contributed by atoms with Crippen LogP contribution in [0.2, 0.25) is 0 Å². The van der Waals surface area contributed by atoms with E-state index in [9.17, 15) is 0 Å². The van der Waals surface area contributed by atoms with Crippen molar-refractivity contribution in [1.29, 1.82) is 0 Å². The average Bonchev–Trinajstić information content (AvgIpc) is 2.99. The summed E-state index contributed by atoms with van der Waals surface area (Å²) >= 11 is 1.94. The summed E-state index contributed by atoms with van der Waals surface area (Å²) in [6.45, 7) is 0.965. The van der Waals surface area contributed by atoms with Crippen molar-refractivity contribution in [3.63, 3.8) is 0 Å². The van der Waals surface area contributed by atoms with E-state index in [1.807, 2.05) is 23.9 Å². The molecule has 3 heteroatoms. The molecule has 17 heavy (non-hydrogen) atoms. The summed E-state index contributed by atoms with van der Waals surface area (Å²) in [6, 6.07) is 13.1. The van der Waals surface area contributed by atoms with Gasteiger partial charge in [0.15, 0.2) is 0 Å². The van der Waals surface area contributed by atoms with E-state index >= 15 is 0 Å². The van der Waals surface area contributed by atoms with Gasteiger partial charge < -0.3 is 9.73 Å². The van der Waals surface area contributed by atoms with Gasteiger partial charge in [0.1, 0.15) is 5.76 Å². The lowest BCUT2D eigenvalue weighted by Gasteiger charge is -2.12. The molecule has 2 heterocycles. The quantitative estimate of drug-likeness (QED) is 0.895. The minimum atomic E-state index is 0.492. The molecule has 3 rings (SSSR count). The van der Waals surface area contributed by atoms with E-state index in [1.54, 1.807) is 6.26 Å². The molecule has 2 aromatic rings. The van der Waals surface area contributed by atoms with Crippen LogP contribution in [0.3, 0.4) is 0 Å². The molecule has 1 N–H and O–H groups in total. The molecule has 0 bridgehead atoms. The van der Waals surface area contributed by atoms with E-state index in [1.165, 1.54) is 10.5 Å². The van der Waals surface area contributed by atoms with Gasteiger partial charge in [-0.2, -0.15) is 0 Å². The monoisotopic (exact) mass is 245 g/mol. The van der Waals surface area contributed by atoms with Gasteiger partial charge in [0.2, 0.25) is 0 Å². The van der Waals surface area contributed by atoms with E-state index in [0.29, 0.717) is 6.04 Å². The number of hydrogen-bond acceptors (Lipinski definition) is 3. The number of fused-ring (bicyclic) bond motifs is 1. The van der Waals surface area contributed by atoms with Crippen LogP contribution in [-0.4, -0.2) is 12.3 Å². The minimum absolute atomic E-state index is 0.492. The molecule has 0 aliphatic carbocycles. The van der Waals surface area contributed by atoms with E-state index in [0.717, 1.165) is 24.5 Å². The van der Waals surface area contributed by atoms with Gasteiger partial charge in [-0.15, -0.1) is 11.8 Å². The molecule has 1 atom stereocenters. The van der Waals surface area contributed by atoms with E-state index < -0.39 is 0 Å². The number of furan rings is 1. The smallest absolute Gasteiger partial charge is 0.105 e. The summed E-state index contributed by atoms with van der Waals surface area (Å²) in [4.78, 5) is 1.42.